The second-order valence-corrected chi connectivity index (χ2v) is 5.46. The van der Waals surface area contributed by atoms with Crippen molar-refractivity contribution in [1.29, 1.82) is 0 Å². The van der Waals surface area contributed by atoms with Crippen LogP contribution in [0.15, 0.2) is 42.5 Å². The Morgan fingerprint density at radius 1 is 1.08 bits per heavy atom. The minimum atomic E-state index is -0.627. The van der Waals surface area contributed by atoms with E-state index in [0.717, 1.165) is 0 Å². The molecular formula is C18H20ClNO4. The van der Waals surface area contributed by atoms with Gasteiger partial charge in [0.15, 0.2) is 6.10 Å². The molecule has 0 aliphatic heterocycles. The summed E-state index contributed by atoms with van der Waals surface area (Å²) < 4.78 is 16.2. The standard InChI is InChI=1S/C18H20ClNO4/c1-4-16(24-13-7-5-12(19)6-8-13)18(21)20-15-10-9-14(22-2)11-17(15)23-3/h5-11,16H,4H2,1-3H3,(H,20,21)/t16-/m0/s1. The molecule has 0 aliphatic rings. The molecule has 24 heavy (non-hydrogen) atoms. The molecule has 2 aromatic rings. The minimum absolute atomic E-state index is 0.254. The molecule has 2 aromatic carbocycles. The van der Waals surface area contributed by atoms with Crippen LogP contribution in [-0.4, -0.2) is 26.2 Å². The summed E-state index contributed by atoms with van der Waals surface area (Å²) in [4.78, 5) is 12.5. The Hall–Kier alpha value is -2.40. The maximum absolute atomic E-state index is 12.5. The van der Waals surface area contributed by atoms with Crippen LogP contribution in [0, 0.1) is 0 Å². The van der Waals surface area contributed by atoms with Crippen LogP contribution in [-0.2, 0) is 4.79 Å². The highest BCUT2D eigenvalue weighted by atomic mass is 35.5. The van der Waals surface area contributed by atoms with Gasteiger partial charge in [0.05, 0.1) is 19.9 Å². The van der Waals surface area contributed by atoms with Crippen LogP contribution >= 0.6 is 11.6 Å². The average Bonchev–Trinajstić information content (AvgIpc) is 2.61. The number of nitrogens with one attached hydrogen (secondary N) is 1. The lowest BCUT2D eigenvalue weighted by Crippen LogP contribution is -2.32. The zero-order valence-electron chi connectivity index (χ0n) is 13.8. The van der Waals surface area contributed by atoms with Crippen LogP contribution in [0.1, 0.15) is 13.3 Å². The molecule has 5 nitrogen and oxygen atoms in total. The Balaban J connectivity index is 2.10. The van der Waals surface area contributed by atoms with Gasteiger partial charge in [0, 0.05) is 11.1 Å². The predicted molar refractivity (Wildman–Crippen MR) is 94.3 cm³/mol. The molecule has 128 valence electrons. The van der Waals surface area contributed by atoms with Crippen LogP contribution in [0.4, 0.5) is 5.69 Å². The molecular weight excluding hydrogens is 330 g/mol. The number of ether oxygens (including phenoxy) is 3. The first-order valence-electron chi connectivity index (χ1n) is 7.52. The van der Waals surface area contributed by atoms with Crippen LogP contribution in [0.25, 0.3) is 0 Å². The molecule has 0 bridgehead atoms. The molecule has 1 amide bonds. The van der Waals surface area contributed by atoms with Gasteiger partial charge in [-0.1, -0.05) is 18.5 Å². The lowest BCUT2D eigenvalue weighted by molar-refractivity contribution is -0.122. The first-order chi connectivity index (χ1) is 11.6. The molecule has 0 saturated carbocycles. The van der Waals surface area contributed by atoms with Crippen molar-refractivity contribution >= 4 is 23.2 Å². The normalized spacial score (nSPS) is 11.5. The van der Waals surface area contributed by atoms with Crippen LogP contribution in [0.5, 0.6) is 17.2 Å². The van der Waals surface area contributed by atoms with E-state index in [4.69, 9.17) is 25.8 Å². The molecule has 0 aromatic heterocycles. The van der Waals surface area contributed by atoms with Gasteiger partial charge in [-0.05, 0) is 42.8 Å². The van der Waals surface area contributed by atoms with Crippen molar-refractivity contribution in [2.45, 2.75) is 19.4 Å². The fourth-order valence-corrected chi connectivity index (χ4v) is 2.24. The van der Waals surface area contributed by atoms with Crippen molar-refractivity contribution in [1.82, 2.24) is 0 Å². The van der Waals surface area contributed by atoms with Gasteiger partial charge < -0.3 is 19.5 Å². The topological polar surface area (TPSA) is 56.8 Å². The summed E-state index contributed by atoms with van der Waals surface area (Å²) in [6.45, 7) is 1.88. The predicted octanol–water partition coefficient (Wildman–Crippen LogP) is 4.15. The fourth-order valence-electron chi connectivity index (χ4n) is 2.11. The minimum Gasteiger partial charge on any atom is -0.497 e. The van der Waals surface area contributed by atoms with E-state index in [0.29, 0.717) is 34.4 Å². The number of amides is 1. The van der Waals surface area contributed by atoms with Crippen LogP contribution < -0.4 is 19.5 Å². The Morgan fingerprint density at radius 2 is 1.75 bits per heavy atom. The molecule has 2 rings (SSSR count). The Kier molecular flexibility index (Phi) is 6.32. The first-order valence-corrected chi connectivity index (χ1v) is 7.90. The van der Waals surface area contributed by atoms with Gasteiger partial charge in [-0.25, -0.2) is 0 Å². The molecule has 0 saturated heterocycles. The summed E-state index contributed by atoms with van der Waals surface area (Å²) in [5.74, 6) is 1.50. The van der Waals surface area contributed by atoms with Crippen molar-refractivity contribution in [2.75, 3.05) is 19.5 Å². The summed E-state index contributed by atoms with van der Waals surface area (Å²) in [5, 5.41) is 3.44. The summed E-state index contributed by atoms with van der Waals surface area (Å²) >= 11 is 5.85. The smallest absolute Gasteiger partial charge is 0.265 e. The van der Waals surface area contributed by atoms with Crippen molar-refractivity contribution < 1.29 is 19.0 Å². The van der Waals surface area contributed by atoms with E-state index in [1.807, 2.05) is 6.92 Å². The highest BCUT2D eigenvalue weighted by Gasteiger charge is 2.20. The second kappa shape index (κ2) is 8.45. The van der Waals surface area contributed by atoms with E-state index in [-0.39, 0.29) is 5.91 Å². The molecule has 0 fully saturated rings. The van der Waals surface area contributed by atoms with Crippen LogP contribution in [0.2, 0.25) is 5.02 Å². The van der Waals surface area contributed by atoms with Gasteiger partial charge in [0.2, 0.25) is 0 Å². The average molecular weight is 350 g/mol. The van der Waals surface area contributed by atoms with E-state index in [1.54, 1.807) is 49.6 Å². The van der Waals surface area contributed by atoms with E-state index < -0.39 is 6.10 Å². The zero-order valence-corrected chi connectivity index (χ0v) is 14.6. The van der Waals surface area contributed by atoms with Crippen LogP contribution in [0.3, 0.4) is 0 Å². The van der Waals surface area contributed by atoms with Crippen molar-refractivity contribution in [3.63, 3.8) is 0 Å². The molecule has 0 heterocycles. The molecule has 1 atom stereocenters. The molecule has 6 heteroatoms. The van der Waals surface area contributed by atoms with Gasteiger partial charge >= 0.3 is 0 Å². The largest absolute Gasteiger partial charge is 0.497 e. The number of carbonyl (C=O) groups is 1. The van der Waals surface area contributed by atoms with Gasteiger partial charge in [-0.3, -0.25) is 4.79 Å². The number of anilines is 1. The number of halogens is 1. The second-order valence-electron chi connectivity index (χ2n) is 5.02. The summed E-state index contributed by atoms with van der Waals surface area (Å²) in [5.41, 5.74) is 0.557. The first kappa shape index (κ1) is 17.9. The van der Waals surface area contributed by atoms with Gasteiger partial charge in [-0.2, -0.15) is 0 Å². The van der Waals surface area contributed by atoms with Crippen molar-refractivity contribution in [2.24, 2.45) is 0 Å². The zero-order chi connectivity index (χ0) is 17.5. The number of methoxy groups -OCH3 is 2. The molecule has 0 aliphatic carbocycles. The number of benzene rings is 2. The highest BCUT2D eigenvalue weighted by Crippen LogP contribution is 2.29. The SMILES string of the molecule is CC[C@H](Oc1ccc(Cl)cc1)C(=O)Nc1ccc(OC)cc1OC. The quantitative estimate of drug-likeness (QED) is 0.815. The molecule has 0 radical (unpaired) electrons. The monoisotopic (exact) mass is 349 g/mol. The number of rotatable bonds is 7. The Bertz CT molecular complexity index is 688. The third-order valence-corrected chi connectivity index (χ3v) is 3.67. The van der Waals surface area contributed by atoms with E-state index in [2.05, 4.69) is 5.32 Å². The van der Waals surface area contributed by atoms with E-state index in [1.165, 1.54) is 7.11 Å². The van der Waals surface area contributed by atoms with E-state index >= 15 is 0 Å². The van der Waals surface area contributed by atoms with Crippen molar-refractivity contribution in [3.05, 3.63) is 47.5 Å². The number of hydrogen-bond donors (Lipinski definition) is 1. The summed E-state index contributed by atoms with van der Waals surface area (Å²) in [6, 6.07) is 12.1. The Labute approximate surface area is 146 Å². The maximum Gasteiger partial charge on any atom is 0.265 e. The van der Waals surface area contributed by atoms with Crippen molar-refractivity contribution in [3.8, 4) is 17.2 Å². The molecule has 1 N–H and O–H groups in total. The third-order valence-electron chi connectivity index (χ3n) is 3.42. The number of carbonyl (C=O) groups excluding carboxylic acids is 1. The third kappa shape index (κ3) is 4.55. The van der Waals surface area contributed by atoms with E-state index in [9.17, 15) is 4.79 Å². The fraction of sp³-hybridized carbons (Fsp3) is 0.278. The van der Waals surface area contributed by atoms with Gasteiger partial charge in [0.25, 0.3) is 5.91 Å². The summed E-state index contributed by atoms with van der Waals surface area (Å²) in [7, 11) is 3.10. The van der Waals surface area contributed by atoms with Gasteiger partial charge in [0.1, 0.15) is 17.2 Å². The summed E-state index contributed by atoms with van der Waals surface area (Å²) in [6.07, 6.45) is -0.106. The lowest BCUT2D eigenvalue weighted by Gasteiger charge is -2.18. The molecule has 0 spiro atoms. The highest BCUT2D eigenvalue weighted by molar-refractivity contribution is 6.30. The maximum atomic E-state index is 12.5. The Morgan fingerprint density at radius 3 is 2.33 bits per heavy atom. The number of hydrogen-bond acceptors (Lipinski definition) is 4. The molecule has 0 unspecified atom stereocenters. The lowest BCUT2D eigenvalue weighted by atomic mass is 10.2. The van der Waals surface area contributed by atoms with Gasteiger partial charge in [-0.15, -0.1) is 0 Å².